The number of aryl methyl sites for hydroxylation is 1. The van der Waals surface area contributed by atoms with Crippen LogP contribution < -0.4 is 16.8 Å². The molecule has 0 saturated carbocycles. The highest BCUT2D eigenvalue weighted by Gasteiger charge is 2.31. The fourth-order valence-corrected chi connectivity index (χ4v) is 3.71. The van der Waals surface area contributed by atoms with Gasteiger partial charge in [-0.2, -0.15) is 13.2 Å². The summed E-state index contributed by atoms with van der Waals surface area (Å²) in [5, 5.41) is 3.07. The predicted octanol–water partition coefficient (Wildman–Crippen LogP) is 8.12. The zero-order valence-corrected chi connectivity index (χ0v) is 22.2. The first kappa shape index (κ1) is 33.4. The molecule has 3 rings (SSSR count). The average Bonchev–Trinajstić information content (AvgIpc) is 3.05. The molecule has 0 unspecified atom stereocenters. The van der Waals surface area contributed by atoms with Crippen LogP contribution in [0, 0.1) is 18.6 Å². The van der Waals surface area contributed by atoms with Gasteiger partial charge in [0.15, 0.2) is 0 Å². The van der Waals surface area contributed by atoms with Gasteiger partial charge in [-0.15, -0.1) is 0 Å². The fraction of sp³-hybridized carbons (Fsp3) is 0.500. The van der Waals surface area contributed by atoms with Gasteiger partial charge in [0.05, 0.1) is 11.3 Å². The number of anilines is 1. The van der Waals surface area contributed by atoms with E-state index in [1.807, 2.05) is 20.8 Å². The molecule has 2 aromatic carbocycles. The summed E-state index contributed by atoms with van der Waals surface area (Å²) < 4.78 is 63.7. The largest absolute Gasteiger partial charge is 0.416 e. The van der Waals surface area contributed by atoms with Crippen LogP contribution in [0.2, 0.25) is 0 Å². The minimum absolute atomic E-state index is 0.264. The standard InChI is InChI=1S/C17H24F2N2.C8H7F3.C2H6.CH5N/c1-2-8-21-17-13(10-14(18)11-15(17)19)9-12-6-4-3-5-7-16(12)20;1-6-4-2-3-5-7(6)8(9,10)11;2*1-2/h10-11,21H,2-9,20H2,1H3;2-5H,1H3;1-2H3;2H2,1H3. The number of alkyl halides is 3. The van der Waals surface area contributed by atoms with E-state index in [0.717, 1.165) is 55.5 Å². The summed E-state index contributed by atoms with van der Waals surface area (Å²) in [4.78, 5) is 0. The molecule has 0 aliphatic heterocycles. The predicted molar refractivity (Wildman–Crippen MR) is 141 cm³/mol. The van der Waals surface area contributed by atoms with Crippen molar-refractivity contribution in [2.75, 3.05) is 18.9 Å². The third-order valence-electron chi connectivity index (χ3n) is 5.42. The highest BCUT2D eigenvalue weighted by atomic mass is 19.4. The number of nitrogens with two attached hydrogens (primary N) is 2. The maximum atomic E-state index is 14.0. The fourth-order valence-electron chi connectivity index (χ4n) is 3.71. The molecule has 0 saturated heterocycles. The molecule has 0 bridgehead atoms. The van der Waals surface area contributed by atoms with Crippen molar-refractivity contribution in [1.82, 2.24) is 0 Å². The van der Waals surface area contributed by atoms with E-state index in [4.69, 9.17) is 5.73 Å². The van der Waals surface area contributed by atoms with Crippen LogP contribution in [0.3, 0.4) is 0 Å². The van der Waals surface area contributed by atoms with Crippen LogP contribution in [0.5, 0.6) is 0 Å². The Bertz CT molecular complexity index is 924. The summed E-state index contributed by atoms with van der Waals surface area (Å²) in [6, 6.07) is 7.86. The molecule has 0 amide bonds. The van der Waals surface area contributed by atoms with Crippen molar-refractivity contribution < 1.29 is 22.0 Å². The van der Waals surface area contributed by atoms with Crippen LogP contribution >= 0.6 is 0 Å². The first-order valence-electron chi connectivity index (χ1n) is 12.5. The van der Waals surface area contributed by atoms with Crippen molar-refractivity contribution >= 4 is 5.69 Å². The van der Waals surface area contributed by atoms with E-state index in [0.29, 0.717) is 24.2 Å². The molecule has 2 aromatic rings. The van der Waals surface area contributed by atoms with Crippen LogP contribution in [-0.2, 0) is 12.6 Å². The van der Waals surface area contributed by atoms with E-state index in [1.54, 1.807) is 6.07 Å². The van der Waals surface area contributed by atoms with Crippen molar-refractivity contribution in [2.45, 2.75) is 78.8 Å². The number of hydrogen-bond donors (Lipinski definition) is 3. The van der Waals surface area contributed by atoms with Gasteiger partial charge in [-0.3, -0.25) is 0 Å². The van der Waals surface area contributed by atoms with Gasteiger partial charge in [0.25, 0.3) is 0 Å². The molecule has 0 fully saturated rings. The van der Waals surface area contributed by atoms with Gasteiger partial charge in [0.2, 0.25) is 0 Å². The van der Waals surface area contributed by atoms with Gasteiger partial charge in [0, 0.05) is 18.3 Å². The minimum atomic E-state index is -4.22. The summed E-state index contributed by atoms with van der Waals surface area (Å²) in [5.74, 6) is -1.05. The maximum absolute atomic E-state index is 14.0. The number of halogens is 5. The average molecular weight is 516 g/mol. The topological polar surface area (TPSA) is 64.1 Å². The van der Waals surface area contributed by atoms with Gasteiger partial charge in [-0.25, -0.2) is 8.78 Å². The molecule has 5 N–H and O–H groups in total. The molecule has 204 valence electrons. The SMILES string of the molecule is CC.CCCNc1c(F)cc(F)cc1CC1=C(N)CCCCC1.CN.Cc1ccccc1C(F)(F)F. The Morgan fingerprint density at radius 3 is 2.11 bits per heavy atom. The molecule has 0 spiro atoms. The van der Waals surface area contributed by atoms with Crippen molar-refractivity contribution in [3.05, 3.63) is 76.0 Å². The Kier molecular flexibility index (Phi) is 16.5. The smallest absolute Gasteiger partial charge is 0.402 e. The molecule has 0 radical (unpaired) electrons. The van der Waals surface area contributed by atoms with E-state index in [1.165, 1.54) is 38.6 Å². The highest BCUT2D eigenvalue weighted by molar-refractivity contribution is 5.54. The Balaban J connectivity index is 0.000000688. The van der Waals surface area contributed by atoms with E-state index < -0.39 is 23.4 Å². The first-order valence-corrected chi connectivity index (χ1v) is 12.5. The van der Waals surface area contributed by atoms with Crippen LogP contribution in [0.1, 0.15) is 76.0 Å². The normalized spacial score (nSPS) is 13.2. The molecule has 0 heterocycles. The second-order valence-corrected chi connectivity index (χ2v) is 8.03. The number of allylic oxidation sites excluding steroid dienone is 2. The quantitative estimate of drug-likeness (QED) is 0.352. The molecule has 36 heavy (non-hydrogen) atoms. The summed E-state index contributed by atoms with van der Waals surface area (Å²) in [5.41, 5.74) is 13.5. The summed E-state index contributed by atoms with van der Waals surface area (Å²) in [6.07, 6.45) is 2.41. The van der Waals surface area contributed by atoms with Gasteiger partial charge in [-0.1, -0.05) is 45.4 Å². The first-order chi connectivity index (χ1) is 17.1. The van der Waals surface area contributed by atoms with Crippen molar-refractivity contribution in [2.24, 2.45) is 11.5 Å². The second-order valence-electron chi connectivity index (χ2n) is 8.03. The van der Waals surface area contributed by atoms with Gasteiger partial charge in [0.1, 0.15) is 11.6 Å². The lowest BCUT2D eigenvalue weighted by molar-refractivity contribution is -0.138. The lowest BCUT2D eigenvalue weighted by Gasteiger charge is -2.15. The maximum Gasteiger partial charge on any atom is 0.416 e. The number of benzene rings is 2. The molecule has 3 nitrogen and oxygen atoms in total. The van der Waals surface area contributed by atoms with Crippen molar-refractivity contribution in [3.63, 3.8) is 0 Å². The molecule has 0 atom stereocenters. The lowest BCUT2D eigenvalue weighted by atomic mass is 9.98. The summed E-state index contributed by atoms with van der Waals surface area (Å²) in [6.45, 7) is 8.13. The molecular weight excluding hydrogens is 473 g/mol. The number of nitrogens with one attached hydrogen (secondary N) is 1. The minimum Gasteiger partial charge on any atom is -0.402 e. The summed E-state index contributed by atoms with van der Waals surface area (Å²) >= 11 is 0. The zero-order chi connectivity index (χ0) is 27.7. The highest BCUT2D eigenvalue weighted by Crippen LogP contribution is 2.31. The van der Waals surface area contributed by atoms with E-state index in [-0.39, 0.29) is 5.56 Å². The van der Waals surface area contributed by atoms with Gasteiger partial charge in [-0.05, 0) is 81.3 Å². The monoisotopic (exact) mass is 515 g/mol. The second kappa shape index (κ2) is 17.8. The zero-order valence-electron chi connectivity index (χ0n) is 22.2. The Morgan fingerprint density at radius 2 is 1.56 bits per heavy atom. The lowest BCUT2D eigenvalue weighted by Crippen LogP contribution is -2.09. The van der Waals surface area contributed by atoms with Crippen molar-refractivity contribution in [1.29, 1.82) is 0 Å². The van der Waals surface area contributed by atoms with E-state index in [2.05, 4.69) is 11.1 Å². The van der Waals surface area contributed by atoms with Crippen LogP contribution in [-0.4, -0.2) is 13.6 Å². The van der Waals surface area contributed by atoms with Gasteiger partial charge >= 0.3 is 6.18 Å². The third kappa shape index (κ3) is 11.4. The molecule has 8 heteroatoms. The van der Waals surface area contributed by atoms with Crippen LogP contribution in [0.4, 0.5) is 27.6 Å². The van der Waals surface area contributed by atoms with Gasteiger partial charge < -0.3 is 16.8 Å². The van der Waals surface area contributed by atoms with Crippen LogP contribution in [0.25, 0.3) is 0 Å². The third-order valence-corrected chi connectivity index (χ3v) is 5.42. The Morgan fingerprint density at radius 1 is 0.944 bits per heavy atom. The van der Waals surface area contributed by atoms with Crippen LogP contribution in [0.15, 0.2) is 47.7 Å². The van der Waals surface area contributed by atoms with E-state index in [9.17, 15) is 22.0 Å². The van der Waals surface area contributed by atoms with E-state index >= 15 is 0 Å². The molecule has 0 aromatic heterocycles. The molecular formula is C28H42F5N3. The molecule has 1 aliphatic carbocycles. The Hall–Kier alpha value is -2.61. The number of hydrogen-bond acceptors (Lipinski definition) is 3. The number of rotatable bonds is 5. The Labute approximate surface area is 213 Å². The molecule has 1 aliphatic rings. The van der Waals surface area contributed by atoms with Crippen molar-refractivity contribution in [3.8, 4) is 0 Å². The summed E-state index contributed by atoms with van der Waals surface area (Å²) in [7, 11) is 1.50.